The van der Waals surface area contributed by atoms with Crippen molar-refractivity contribution in [3.63, 3.8) is 0 Å². The first-order valence-electron chi connectivity index (χ1n) is 5.52. The third kappa shape index (κ3) is 1.51. The van der Waals surface area contributed by atoms with Gasteiger partial charge < -0.3 is 5.11 Å². The maximum absolute atomic E-state index is 11.1. The smallest absolute Gasteiger partial charge is 0.356 e. The van der Waals surface area contributed by atoms with Gasteiger partial charge in [-0.3, -0.25) is 4.98 Å². The molecule has 5 heteroatoms. The molecule has 0 saturated heterocycles. The number of fused-ring (bicyclic) bond motifs is 1. The van der Waals surface area contributed by atoms with Crippen LogP contribution in [-0.2, 0) is 12.8 Å². The largest absolute Gasteiger partial charge is 0.476 e. The Bertz CT molecular complexity index is 575. The number of nitrogens with zero attached hydrogens (tertiary/aromatic N) is 3. The molecule has 1 aliphatic rings. The normalized spacial score (nSPS) is 13.6. The van der Waals surface area contributed by atoms with Gasteiger partial charge in [0.15, 0.2) is 5.69 Å². The molecule has 17 heavy (non-hydrogen) atoms. The first-order chi connectivity index (χ1) is 8.27. The molecule has 0 saturated carbocycles. The summed E-state index contributed by atoms with van der Waals surface area (Å²) in [5, 5.41) is 13.3. The summed E-state index contributed by atoms with van der Waals surface area (Å²) in [5.74, 6) is -0.953. The molecule has 0 amide bonds. The predicted octanol–water partition coefficient (Wildman–Crippen LogP) is 1.45. The molecule has 0 fully saturated rings. The maximum Gasteiger partial charge on any atom is 0.356 e. The zero-order valence-corrected chi connectivity index (χ0v) is 9.13. The molecule has 0 radical (unpaired) electrons. The fourth-order valence-electron chi connectivity index (χ4n) is 2.30. The van der Waals surface area contributed by atoms with Gasteiger partial charge >= 0.3 is 5.97 Å². The van der Waals surface area contributed by atoms with Gasteiger partial charge in [-0.05, 0) is 31.4 Å². The van der Waals surface area contributed by atoms with Crippen molar-refractivity contribution in [3.8, 4) is 5.69 Å². The lowest BCUT2D eigenvalue weighted by Crippen LogP contribution is -2.04. The van der Waals surface area contributed by atoms with E-state index in [9.17, 15) is 4.79 Å². The predicted molar refractivity (Wildman–Crippen MR) is 60.3 cm³/mol. The van der Waals surface area contributed by atoms with Gasteiger partial charge in [0.05, 0.1) is 11.9 Å². The van der Waals surface area contributed by atoms with Crippen LogP contribution >= 0.6 is 0 Å². The molecule has 0 spiro atoms. The summed E-state index contributed by atoms with van der Waals surface area (Å²) < 4.78 is 1.71. The SMILES string of the molecule is O=C(O)c1nn(-c2cccnc2)c2c1CCC2. The molecule has 3 rings (SSSR count). The minimum atomic E-state index is -0.953. The van der Waals surface area contributed by atoms with Crippen LogP contribution in [0.15, 0.2) is 24.5 Å². The zero-order valence-electron chi connectivity index (χ0n) is 9.13. The topological polar surface area (TPSA) is 68.0 Å². The maximum atomic E-state index is 11.1. The highest BCUT2D eigenvalue weighted by atomic mass is 16.4. The molecule has 2 aromatic rings. The average molecular weight is 229 g/mol. The van der Waals surface area contributed by atoms with Crippen LogP contribution in [0.4, 0.5) is 0 Å². The number of pyridine rings is 1. The molecular formula is C12H11N3O2. The fourth-order valence-corrected chi connectivity index (χ4v) is 2.30. The Morgan fingerprint density at radius 3 is 3.00 bits per heavy atom. The molecule has 0 atom stereocenters. The van der Waals surface area contributed by atoms with Crippen LogP contribution in [-0.4, -0.2) is 25.8 Å². The van der Waals surface area contributed by atoms with Crippen molar-refractivity contribution in [1.82, 2.24) is 14.8 Å². The summed E-state index contributed by atoms with van der Waals surface area (Å²) in [5.41, 5.74) is 2.89. The van der Waals surface area contributed by atoms with E-state index in [-0.39, 0.29) is 5.69 Å². The Kier molecular flexibility index (Phi) is 2.18. The van der Waals surface area contributed by atoms with E-state index in [1.54, 1.807) is 17.1 Å². The number of rotatable bonds is 2. The lowest BCUT2D eigenvalue weighted by atomic mass is 10.2. The van der Waals surface area contributed by atoms with E-state index in [4.69, 9.17) is 5.11 Å². The fraction of sp³-hybridized carbons (Fsp3) is 0.250. The van der Waals surface area contributed by atoms with Crippen LogP contribution in [0.25, 0.3) is 5.69 Å². The molecule has 1 aliphatic carbocycles. The van der Waals surface area contributed by atoms with Crippen molar-refractivity contribution in [3.05, 3.63) is 41.5 Å². The first-order valence-corrected chi connectivity index (χ1v) is 5.52. The van der Waals surface area contributed by atoms with Crippen molar-refractivity contribution >= 4 is 5.97 Å². The van der Waals surface area contributed by atoms with E-state index in [0.717, 1.165) is 36.2 Å². The molecule has 5 nitrogen and oxygen atoms in total. The second kappa shape index (κ2) is 3.69. The van der Waals surface area contributed by atoms with Crippen LogP contribution in [0.5, 0.6) is 0 Å². The van der Waals surface area contributed by atoms with Crippen LogP contribution in [0, 0.1) is 0 Å². The molecular weight excluding hydrogens is 218 g/mol. The number of carbonyl (C=O) groups is 1. The molecule has 1 N–H and O–H groups in total. The van der Waals surface area contributed by atoms with E-state index in [1.165, 1.54) is 0 Å². The van der Waals surface area contributed by atoms with Gasteiger partial charge in [0.2, 0.25) is 0 Å². The van der Waals surface area contributed by atoms with Gasteiger partial charge in [-0.25, -0.2) is 9.48 Å². The molecule has 0 aromatic carbocycles. The Balaban J connectivity index is 2.19. The first kappa shape index (κ1) is 10.0. The van der Waals surface area contributed by atoms with Crippen LogP contribution in [0.1, 0.15) is 28.2 Å². The van der Waals surface area contributed by atoms with Gasteiger partial charge in [0, 0.05) is 17.5 Å². The van der Waals surface area contributed by atoms with Crippen molar-refractivity contribution < 1.29 is 9.90 Å². The molecule has 0 aliphatic heterocycles. The summed E-state index contributed by atoms with van der Waals surface area (Å²) in [6.45, 7) is 0. The standard InChI is InChI=1S/C12H11N3O2/c16-12(17)11-9-4-1-5-10(9)15(14-11)8-3-2-6-13-7-8/h2-3,6-7H,1,4-5H2,(H,16,17). The summed E-state index contributed by atoms with van der Waals surface area (Å²) in [6.07, 6.45) is 6.05. The number of hydrogen-bond donors (Lipinski definition) is 1. The molecule has 86 valence electrons. The molecule has 0 unspecified atom stereocenters. The highest BCUT2D eigenvalue weighted by Gasteiger charge is 2.26. The quantitative estimate of drug-likeness (QED) is 0.846. The third-order valence-corrected chi connectivity index (χ3v) is 3.02. The number of carboxylic acids is 1. The van der Waals surface area contributed by atoms with E-state index in [2.05, 4.69) is 10.1 Å². The van der Waals surface area contributed by atoms with Gasteiger partial charge in [0.25, 0.3) is 0 Å². The van der Waals surface area contributed by atoms with E-state index in [0.29, 0.717) is 0 Å². The van der Waals surface area contributed by atoms with Crippen molar-refractivity contribution in [2.24, 2.45) is 0 Å². The van der Waals surface area contributed by atoms with Crippen molar-refractivity contribution in [1.29, 1.82) is 0 Å². The Morgan fingerprint density at radius 2 is 2.29 bits per heavy atom. The Labute approximate surface area is 97.7 Å². The second-order valence-electron chi connectivity index (χ2n) is 4.06. The molecule has 0 bridgehead atoms. The number of aromatic nitrogens is 3. The summed E-state index contributed by atoms with van der Waals surface area (Å²) in [4.78, 5) is 15.1. The van der Waals surface area contributed by atoms with Crippen molar-refractivity contribution in [2.75, 3.05) is 0 Å². The molecule has 2 aromatic heterocycles. The van der Waals surface area contributed by atoms with Crippen LogP contribution < -0.4 is 0 Å². The summed E-state index contributed by atoms with van der Waals surface area (Å²) >= 11 is 0. The van der Waals surface area contributed by atoms with E-state index < -0.39 is 5.97 Å². The number of carboxylic acid groups (broad SMARTS) is 1. The summed E-state index contributed by atoms with van der Waals surface area (Å²) in [6, 6.07) is 3.70. The van der Waals surface area contributed by atoms with E-state index in [1.807, 2.05) is 12.1 Å². The van der Waals surface area contributed by atoms with Crippen LogP contribution in [0.2, 0.25) is 0 Å². The average Bonchev–Trinajstić information content (AvgIpc) is 2.90. The monoisotopic (exact) mass is 229 g/mol. The number of aromatic carboxylic acids is 1. The van der Waals surface area contributed by atoms with Crippen LogP contribution in [0.3, 0.4) is 0 Å². The van der Waals surface area contributed by atoms with Gasteiger partial charge in [-0.15, -0.1) is 0 Å². The van der Waals surface area contributed by atoms with Crippen molar-refractivity contribution in [2.45, 2.75) is 19.3 Å². The second-order valence-corrected chi connectivity index (χ2v) is 4.06. The lowest BCUT2D eigenvalue weighted by molar-refractivity contribution is 0.0689. The lowest BCUT2D eigenvalue weighted by Gasteiger charge is -2.03. The molecule has 2 heterocycles. The third-order valence-electron chi connectivity index (χ3n) is 3.02. The zero-order chi connectivity index (χ0) is 11.8. The minimum Gasteiger partial charge on any atom is -0.476 e. The Morgan fingerprint density at radius 1 is 1.41 bits per heavy atom. The highest BCUT2D eigenvalue weighted by molar-refractivity contribution is 5.87. The van der Waals surface area contributed by atoms with Gasteiger partial charge in [0.1, 0.15) is 0 Å². The van der Waals surface area contributed by atoms with Gasteiger partial charge in [-0.2, -0.15) is 5.10 Å². The summed E-state index contributed by atoms with van der Waals surface area (Å²) in [7, 11) is 0. The number of hydrogen-bond acceptors (Lipinski definition) is 3. The Hall–Kier alpha value is -2.17. The highest BCUT2D eigenvalue weighted by Crippen LogP contribution is 2.27. The van der Waals surface area contributed by atoms with E-state index >= 15 is 0 Å². The minimum absolute atomic E-state index is 0.182. The van der Waals surface area contributed by atoms with Gasteiger partial charge in [-0.1, -0.05) is 0 Å².